The van der Waals surface area contributed by atoms with Crippen molar-refractivity contribution in [2.45, 2.75) is 0 Å². The summed E-state index contributed by atoms with van der Waals surface area (Å²) in [7, 11) is 0. The van der Waals surface area contributed by atoms with Gasteiger partial charge in [0.25, 0.3) is 5.91 Å². The molecule has 0 fully saturated rings. The number of esters is 1. The van der Waals surface area contributed by atoms with Gasteiger partial charge in [-0.05, 0) is 18.2 Å². The van der Waals surface area contributed by atoms with Crippen molar-refractivity contribution < 1.29 is 23.6 Å². The summed E-state index contributed by atoms with van der Waals surface area (Å²) in [5.41, 5.74) is -0.772. The van der Waals surface area contributed by atoms with Crippen LogP contribution in [0.25, 0.3) is 10.1 Å². The zero-order valence-electron chi connectivity index (χ0n) is 13.4. The summed E-state index contributed by atoms with van der Waals surface area (Å²) in [6, 6.07) is 10.0. The highest BCUT2D eigenvalue weighted by Gasteiger charge is 2.20. The van der Waals surface area contributed by atoms with Crippen LogP contribution < -0.4 is 5.32 Å². The minimum Gasteiger partial charge on any atom is -0.451 e. The predicted octanol–water partition coefficient (Wildman–Crippen LogP) is 4.40. The summed E-state index contributed by atoms with van der Waals surface area (Å²) in [5, 5.41) is 14.0. The molecule has 2 aromatic carbocycles. The van der Waals surface area contributed by atoms with Crippen molar-refractivity contribution in [3.8, 4) is 0 Å². The molecule has 10 heteroatoms. The first-order valence-corrected chi connectivity index (χ1v) is 8.64. The molecule has 3 rings (SSSR count). The minimum atomic E-state index is -1.02. The quantitative estimate of drug-likeness (QED) is 0.383. The average Bonchev–Trinajstić information content (AvgIpc) is 2.98. The normalized spacial score (nSPS) is 10.6. The fourth-order valence-corrected chi connectivity index (χ4v) is 3.67. The maximum Gasteiger partial charge on any atom is 0.350 e. The van der Waals surface area contributed by atoms with Crippen molar-refractivity contribution in [3.05, 3.63) is 68.3 Å². The zero-order chi connectivity index (χ0) is 19.6. The number of nitrogens with one attached hydrogen (secondary N) is 1. The highest BCUT2D eigenvalue weighted by atomic mass is 35.5. The highest BCUT2D eigenvalue weighted by Crippen LogP contribution is 2.35. The van der Waals surface area contributed by atoms with Gasteiger partial charge in [0.05, 0.1) is 9.95 Å². The van der Waals surface area contributed by atoms with E-state index < -0.39 is 34.9 Å². The Morgan fingerprint density at radius 2 is 2.00 bits per heavy atom. The van der Waals surface area contributed by atoms with Crippen molar-refractivity contribution in [2.75, 3.05) is 11.9 Å². The molecule has 0 saturated carbocycles. The van der Waals surface area contributed by atoms with E-state index in [9.17, 15) is 24.1 Å². The number of carbonyl (C=O) groups excluding carboxylic acids is 2. The van der Waals surface area contributed by atoms with E-state index in [1.807, 2.05) is 0 Å². The van der Waals surface area contributed by atoms with Crippen LogP contribution in [0.15, 0.2) is 42.5 Å². The maximum absolute atomic E-state index is 13.3. The lowest BCUT2D eigenvalue weighted by molar-refractivity contribution is -0.387. The van der Waals surface area contributed by atoms with E-state index in [1.165, 1.54) is 0 Å². The fraction of sp³-hybridized carbons (Fsp3) is 0.0588. The second-order valence-electron chi connectivity index (χ2n) is 5.29. The van der Waals surface area contributed by atoms with Crippen LogP contribution in [0.1, 0.15) is 9.67 Å². The van der Waals surface area contributed by atoms with E-state index in [2.05, 4.69) is 5.32 Å². The van der Waals surface area contributed by atoms with Crippen LogP contribution in [0.4, 0.5) is 15.8 Å². The number of nitro benzene ring substituents is 1. The van der Waals surface area contributed by atoms with Gasteiger partial charge in [-0.3, -0.25) is 14.9 Å². The van der Waals surface area contributed by atoms with Gasteiger partial charge >= 0.3 is 11.7 Å². The molecule has 138 valence electrons. The smallest absolute Gasteiger partial charge is 0.350 e. The Kier molecular flexibility index (Phi) is 5.33. The number of halogens is 2. The largest absolute Gasteiger partial charge is 0.451 e. The molecule has 0 aliphatic heterocycles. The first-order valence-electron chi connectivity index (χ1n) is 7.44. The standard InChI is InChI=1S/C17H10ClFN2O5S/c18-15-10-3-1-2-4-13(10)27-16(15)17(23)26-8-14(22)20-9-5-6-11(19)12(7-9)21(24)25/h1-7H,8H2,(H,20,22). The third-order valence-corrected chi connectivity index (χ3v) is 5.14. The van der Waals surface area contributed by atoms with Crippen LogP contribution in [0, 0.1) is 15.9 Å². The van der Waals surface area contributed by atoms with Crippen LogP contribution in [0.3, 0.4) is 0 Å². The van der Waals surface area contributed by atoms with E-state index in [0.717, 1.165) is 34.2 Å². The molecule has 0 radical (unpaired) electrons. The Morgan fingerprint density at radius 1 is 1.26 bits per heavy atom. The number of rotatable bonds is 5. The summed E-state index contributed by atoms with van der Waals surface area (Å²) < 4.78 is 19.0. The molecule has 0 atom stereocenters. The number of thiophene rings is 1. The fourth-order valence-electron chi connectivity index (χ4n) is 2.27. The molecule has 0 aliphatic rings. The van der Waals surface area contributed by atoms with Gasteiger partial charge in [0.15, 0.2) is 6.61 Å². The van der Waals surface area contributed by atoms with E-state index in [1.54, 1.807) is 24.3 Å². The molecule has 1 N–H and O–H groups in total. The van der Waals surface area contributed by atoms with Crippen molar-refractivity contribution in [1.82, 2.24) is 0 Å². The van der Waals surface area contributed by atoms with E-state index >= 15 is 0 Å². The summed E-state index contributed by atoms with van der Waals surface area (Å²) in [6.07, 6.45) is 0. The predicted molar refractivity (Wildman–Crippen MR) is 98.8 cm³/mol. The molecule has 0 aliphatic carbocycles. The van der Waals surface area contributed by atoms with Gasteiger partial charge in [-0.2, -0.15) is 4.39 Å². The Bertz CT molecular complexity index is 1070. The second kappa shape index (κ2) is 7.68. The third-order valence-electron chi connectivity index (χ3n) is 3.48. The Labute approximate surface area is 160 Å². The van der Waals surface area contributed by atoms with E-state index in [0.29, 0.717) is 5.39 Å². The van der Waals surface area contributed by atoms with Gasteiger partial charge in [0.2, 0.25) is 5.82 Å². The van der Waals surface area contributed by atoms with Gasteiger partial charge in [-0.15, -0.1) is 11.3 Å². The van der Waals surface area contributed by atoms with Crippen LogP contribution in [-0.4, -0.2) is 23.4 Å². The summed E-state index contributed by atoms with van der Waals surface area (Å²) in [6.45, 7) is -0.630. The summed E-state index contributed by atoms with van der Waals surface area (Å²) >= 11 is 7.31. The summed E-state index contributed by atoms with van der Waals surface area (Å²) in [5.74, 6) is -2.52. The van der Waals surface area contributed by atoms with Gasteiger partial charge in [0, 0.05) is 21.8 Å². The number of ether oxygens (including phenoxy) is 1. The average molecular weight is 409 g/mol. The number of hydrogen-bond donors (Lipinski definition) is 1. The number of fused-ring (bicyclic) bond motifs is 1. The Hall–Kier alpha value is -3.04. The number of amides is 1. The molecule has 27 heavy (non-hydrogen) atoms. The third kappa shape index (κ3) is 4.04. The molecule has 3 aromatic rings. The Morgan fingerprint density at radius 3 is 2.70 bits per heavy atom. The number of hydrogen-bond acceptors (Lipinski definition) is 6. The topological polar surface area (TPSA) is 98.5 Å². The second-order valence-corrected chi connectivity index (χ2v) is 6.72. The molecular weight excluding hydrogens is 399 g/mol. The van der Waals surface area contributed by atoms with E-state index in [4.69, 9.17) is 16.3 Å². The number of benzene rings is 2. The first kappa shape index (κ1) is 18.7. The van der Waals surface area contributed by atoms with Crippen molar-refractivity contribution in [1.29, 1.82) is 0 Å². The number of carbonyl (C=O) groups is 2. The molecule has 1 amide bonds. The molecule has 7 nitrogen and oxygen atoms in total. The number of nitro groups is 1. The highest BCUT2D eigenvalue weighted by molar-refractivity contribution is 7.21. The SMILES string of the molecule is O=C(COC(=O)c1sc2ccccc2c1Cl)Nc1ccc(F)c([N+](=O)[O-])c1. The van der Waals surface area contributed by atoms with Crippen LogP contribution >= 0.6 is 22.9 Å². The van der Waals surface area contributed by atoms with Crippen LogP contribution in [-0.2, 0) is 9.53 Å². The van der Waals surface area contributed by atoms with Gasteiger partial charge in [0.1, 0.15) is 4.88 Å². The molecule has 0 unspecified atom stereocenters. The molecular formula is C17H10ClFN2O5S. The van der Waals surface area contributed by atoms with Crippen molar-refractivity contribution >= 4 is 56.3 Å². The zero-order valence-corrected chi connectivity index (χ0v) is 15.0. The number of anilines is 1. The van der Waals surface area contributed by atoms with Gasteiger partial charge in [-0.25, -0.2) is 4.79 Å². The monoisotopic (exact) mass is 408 g/mol. The van der Waals surface area contributed by atoms with Crippen molar-refractivity contribution in [3.63, 3.8) is 0 Å². The van der Waals surface area contributed by atoms with Crippen molar-refractivity contribution in [2.24, 2.45) is 0 Å². The molecule has 0 saturated heterocycles. The molecule has 1 aromatic heterocycles. The lowest BCUT2D eigenvalue weighted by Crippen LogP contribution is -2.20. The Balaban J connectivity index is 1.65. The van der Waals surface area contributed by atoms with Crippen LogP contribution in [0.2, 0.25) is 5.02 Å². The number of nitrogens with zero attached hydrogens (tertiary/aromatic N) is 1. The lowest BCUT2D eigenvalue weighted by atomic mass is 10.2. The van der Waals surface area contributed by atoms with Gasteiger partial charge < -0.3 is 10.1 Å². The molecule has 1 heterocycles. The van der Waals surface area contributed by atoms with Crippen LogP contribution in [0.5, 0.6) is 0 Å². The maximum atomic E-state index is 13.3. The lowest BCUT2D eigenvalue weighted by Gasteiger charge is -2.06. The minimum absolute atomic E-state index is 0.00374. The molecule has 0 spiro atoms. The summed E-state index contributed by atoms with van der Waals surface area (Å²) in [4.78, 5) is 34.0. The van der Waals surface area contributed by atoms with E-state index in [-0.39, 0.29) is 15.6 Å². The first-order chi connectivity index (χ1) is 12.9. The van der Waals surface area contributed by atoms with Gasteiger partial charge in [-0.1, -0.05) is 29.8 Å². The molecule has 0 bridgehead atoms.